The van der Waals surface area contributed by atoms with Crippen molar-refractivity contribution in [1.29, 1.82) is 5.26 Å². The van der Waals surface area contributed by atoms with Gasteiger partial charge >= 0.3 is 77.9 Å². The van der Waals surface area contributed by atoms with Gasteiger partial charge in [-0.05, 0) is 0 Å². The molecule has 0 radical (unpaired) electrons. The average Bonchev–Trinajstić information content (AvgIpc) is 1.68. The molecule has 0 aromatic heterocycles. The Bertz CT molecular complexity index is 115. The second-order valence-corrected chi connectivity index (χ2v) is 1.39. The second-order valence-electron chi connectivity index (χ2n) is 0.723. The van der Waals surface area contributed by atoms with Gasteiger partial charge in [0.05, 0.1) is 0 Å². The van der Waals surface area contributed by atoms with Gasteiger partial charge in [-0.3, -0.25) is 0 Å². The summed E-state index contributed by atoms with van der Waals surface area (Å²) < 4.78 is 3.84. The van der Waals surface area contributed by atoms with Gasteiger partial charge in [-0.2, -0.15) is 0 Å². The fourth-order valence-electron chi connectivity index (χ4n) is 0.0832. The zero-order valence-electron chi connectivity index (χ0n) is 5.42. The van der Waals surface area contributed by atoms with Crippen molar-refractivity contribution < 1.29 is 40.5 Å². The van der Waals surface area contributed by atoms with Crippen molar-refractivity contribution in [2.75, 3.05) is 0 Å². The van der Waals surface area contributed by atoms with E-state index in [0.717, 1.165) is 0 Å². The summed E-state index contributed by atoms with van der Waals surface area (Å²) in [7, 11) is 0. The van der Waals surface area contributed by atoms with Gasteiger partial charge in [0.25, 0.3) is 0 Å². The smallest absolute Gasteiger partial charge is 1.00 e. The molecule has 0 rings (SSSR count). The Labute approximate surface area is 79.0 Å². The molecule has 40 valence electrons. The van der Waals surface area contributed by atoms with Gasteiger partial charge in [0, 0.05) is 0 Å². The predicted molar refractivity (Wildman–Crippen MR) is 24.8 cm³/mol. The first-order valence-corrected chi connectivity index (χ1v) is 2.83. The molecule has 8 heavy (non-hydrogen) atoms. The fraction of sp³-hybridized carbons (Fsp3) is 0.333. The van der Waals surface area contributed by atoms with Crippen molar-refractivity contribution in [1.82, 2.24) is 0 Å². The van der Waals surface area contributed by atoms with Crippen LogP contribution in [-0.2, 0) is 9.53 Å². The van der Waals surface area contributed by atoms with Gasteiger partial charge < -0.3 is 1.43 Å². The SMILES string of the molecule is N#COC(=O)C[SeH].[H-].[Na+]. The Hall–Kier alpha value is 0.479. The van der Waals surface area contributed by atoms with Crippen molar-refractivity contribution in [2.24, 2.45) is 0 Å². The Kier molecular flexibility index (Phi) is 10.6. The van der Waals surface area contributed by atoms with Crippen LogP contribution in [0.1, 0.15) is 1.43 Å². The van der Waals surface area contributed by atoms with Gasteiger partial charge in [0.1, 0.15) is 0 Å². The first kappa shape index (κ1) is 11.3. The molecule has 0 aromatic carbocycles. The fourth-order valence-corrected chi connectivity index (χ4v) is 0.219. The number of hydrogen-bond donors (Lipinski definition) is 0. The first-order valence-electron chi connectivity index (χ1n) is 1.51. The molecule has 0 aromatic rings. The molecule has 0 unspecified atom stereocenters. The summed E-state index contributed by atoms with van der Waals surface area (Å²) >= 11 is 2.01. The van der Waals surface area contributed by atoms with Crippen LogP contribution in [0.15, 0.2) is 0 Å². The Morgan fingerprint density at radius 3 is 2.62 bits per heavy atom. The number of hydrogen-bond acceptors (Lipinski definition) is 3. The van der Waals surface area contributed by atoms with E-state index in [1.165, 1.54) is 6.26 Å². The molecule has 3 nitrogen and oxygen atoms in total. The molecule has 0 atom stereocenters. The van der Waals surface area contributed by atoms with Gasteiger partial charge in [0.2, 0.25) is 0 Å². The molecule has 0 spiro atoms. The number of ether oxygens (including phenoxy) is 1. The zero-order valence-corrected chi connectivity index (χ0v) is 8.29. The first-order chi connectivity index (χ1) is 3.31. The van der Waals surface area contributed by atoms with E-state index in [0.29, 0.717) is 0 Å². The summed E-state index contributed by atoms with van der Waals surface area (Å²) in [5, 5.41) is 7.86. The summed E-state index contributed by atoms with van der Waals surface area (Å²) in [6.45, 7) is 0. The molecule has 0 aliphatic carbocycles. The molecule has 0 amide bonds. The van der Waals surface area contributed by atoms with Crippen LogP contribution in [0.3, 0.4) is 0 Å². The van der Waals surface area contributed by atoms with Crippen LogP contribution in [0.25, 0.3) is 0 Å². The monoisotopic (exact) mass is 189 g/mol. The summed E-state index contributed by atoms with van der Waals surface area (Å²) in [4.78, 5) is 9.95. The molecular formula is C3H4NNaO2Se. The third kappa shape index (κ3) is 6.48. The Morgan fingerprint density at radius 1 is 2.00 bits per heavy atom. The molecule has 0 saturated heterocycles. The quantitative estimate of drug-likeness (QED) is 0.243. The van der Waals surface area contributed by atoms with E-state index in [9.17, 15) is 4.79 Å². The zero-order chi connectivity index (χ0) is 5.70. The summed E-state index contributed by atoms with van der Waals surface area (Å²) in [5.74, 6) is -0.512. The molecule has 0 fully saturated rings. The van der Waals surface area contributed by atoms with Crippen LogP contribution >= 0.6 is 0 Å². The molecule has 0 bridgehead atoms. The third-order valence-electron chi connectivity index (χ3n) is 0.289. The predicted octanol–water partition coefficient (Wildman–Crippen LogP) is -3.55. The average molecular weight is 188 g/mol. The third-order valence-corrected chi connectivity index (χ3v) is 0.830. The summed E-state index contributed by atoms with van der Waals surface area (Å²) in [6.07, 6.45) is 1.26. The van der Waals surface area contributed by atoms with Crippen molar-refractivity contribution in [2.45, 2.75) is 5.32 Å². The van der Waals surface area contributed by atoms with E-state index in [2.05, 4.69) is 4.74 Å². The van der Waals surface area contributed by atoms with Crippen molar-refractivity contribution in [3.8, 4) is 6.26 Å². The van der Waals surface area contributed by atoms with Crippen molar-refractivity contribution in [3.05, 3.63) is 0 Å². The van der Waals surface area contributed by atoms with Crippen LogP contribution in [0.2, 0.25) is 5.32 Å². The largest absolute Gasteiger partial charge is 1.00 e. The number of rotatable bonds is 1. The normalized spacial score (nSPS) is 6.00. The minimum absolute atomic E-state index is 0. The summed E-state index contributed by atoms with van der Waals surface area (Å²) in [6, 6.07) is 0. The van der Waals surface area contributed by atoms with E-state index in [4.69, 9.17) is 5.26 Å². The molecule has 0 aliphatic rings. The van der Waals surface area contributed by atoms with E-state index in [1.54, 1.807) is 0 Å². The second kappa shape index (κ2) is 7.48. The van der Waals surface area contributed by atoms with Gasteiger partial charge in [-0.15, -0.1) is 0 Å². The molecule has 5 heteroatoms. The van der Waals surface area contributed by atoms with Gasteiger partial charge in [-0.1, -0.05) is 0 Å². The van der Waals surface area contributed by atoms with Crippen molar-refractivity contribution >= 4 is 22.0 Å². The van der Waals surface area contributed by atoms with Crippen LogP contribution in [0.4, 0.5) is 0 Å². The minimum Gasteiger partial charge on any atom is -1.00 e. The van der Waals surface area contributed by atoms with Crippen LogP contribution in [-0.4, -0.2) is 22.0 Å². The van der Waals surface area contributed by atoms with Crippen molar-refractivity contribution in [3.63, 3.8) is 0 Å². The van der Waals surface area contributed by atoms with Crippen LogP contribution in [0.5, 0.6) is 0 Å². The molecule has 0 aliphatic heterocycles. The minimum atomic E-state index is -0.512. The Balaban J connectivity index is -0.000000180. The maximum Gasteiger partial charge on any atom is 1.00 e. The van der Waals surface area contributed by atoms with E-state index in [-0.39, 0.29) is 36.3 Å². The number of nitriles is 1. The summed E-state index contributed by atoms with van der Waals surface area (Å²) in [5.41, 5.74) is 0. The molecular weight excluding hydrogens is 184 g/mol. The van der Waals surface area contributed by atoms with Gasteiger partial charge in [0.15, 0.2) is 0 Å². The van der Waals surface area contributed by atoms with Gasteiger partial charge in [-0.25, -0.2) is 0 Å². The molecule has 0 N–H and O–H groups in total. The molecule has 0 saturated carbocycles. The topological polar surface area (TPSA) is 50.1 Å². The number of carbonyl (C=O) groups is 1. The Morgan fingerprint density at radius 2 is 2.50 bits per heavy atom. The van der Waals surface area contributed by atoms with Crippen LogP contribution < -0.4 is 29.6 Å². The maximum absolute atomic E-state index is 9.95. The standard InChI is InChI=1S/C3H3NO2Se.Na.H/c4-2-6-3(5)1-7;;/h7H,1H2;;/q;+1;-1. The number of esters is 1. The van der Waals surface area contributed by atoms with E-state index >= 15 is 0 Å². The van der Waals surface area contributed by atoms with Crippen LogP contribution in [0, 0.1) is 11.5 Å². The maximum atomic E-state index is 9.95. The number of nitrogens with zero attached hydrogens (tertiary/aromatic N) is 1. The number of carbonyl (C=O) groups excluding carboxylic acids is 1. The van der Waals surface area contributed by atoms with E-state index < -0.39 is 5.97 Å². The van der Waals surface area contributed by atoms with E-state index in [1.807, 2.05) is 16.0 Å². The molecule has 0 heterocycles.